The number of Topliss-reactive ketones (excluding diaryl/α,β-unsaturated/α-hetero) is 4. The molecule has 452 valence electrons. The number of hydrogen-bond donors (Lipinski definition) is 2. The topological polar surface area (TPSA) is 295 Å². The van der Waals surface area contributed by atoms with Crippen molar-refractivity contribution in [2.24, 2.45) is 21.7 Å². The second-order valence-electron chi connectivity index (χ2n) is 24.0. The molecule has 4 heterocycles. The van der Waals surface area contributed by atoms with E-state index in [-0.39, 0.29) is 121 Å². The molecule has 7 aromatic rings. The fourth-order valence-electron chi connectivity index (χ4n) is 8.59. The predicted octanol–water partition coefficient (Wildman–Crippen LogP) is 6.98. The minimum absolute atomic E-state index is 0.00688. The Hall–Kier alpha value is -8.36. The maximum absolute atomic E-state index is 13.2. The van der Waals surface area contributed by atoms with E-state index in [1.165, 1.54) is 14.0 Å². The number of hydrogen-bond acceptors (Lipinski definition) is 19. The predicted molar refractivity (Wildman–Crippen MR) is 309 cm³/mol. The fraction of sp³-hybridized carbons (Fsp3) is 0.467. The van der Waals surface area contributed by atoms with Crippen molar-refractivity contribution in [3.63, 3.8) is 0 Å². The molecule has 7 rings (SSSR count). The second kappa shape index (κ2) is 29.0. The molecule has 1 atom stereocenters. The molecular formula is C60H76N14O11. The third kappa shape index (κ3) is 19.9. The number of rotatable bonds is 32. The van der Waals surface area contributed by atoms with E-state index in [2.05, 4.69) is 51.9 Å². The molecule has 0 saturated carbocycles. The molecule has 3 aromatic carbocycles. The standard InChI is InChI=1S/C60H76N14O11/c1-11-71-25-47(63-67-71)32-81-36-60(37-82-33-48-26-72(68-64-48)29-51(75)22-41-15-12-16-42(21-41)54(78)57(2,3)4,38-83-34-49-27-73(69-65-49)30-52(76)61-45-19-13-17-43(23-45)55(79)58(5,6)7)39-85-40-84-35-50-28-74(70-66-50)31-53(77)62-46-20-14-18-44(24-46)56(80)59(8,9)10/h12-21,23-28H,11,22,29-40H2,1-10H3,(H,61,76)(H,62,77). The molecule has 2 amide bonds. The van der Waals surface area contributed by atoms with Crippen molar-refractivity contribution in [3.8, 4) is 0 Å². The van der Waals surface area contributed by atoms with Crippen LogP contribution in [0.3, 0.4) is 0 Å². The van der Waals surface area contributed by atoms with E-state index in [0.29, 0.717) is 62.9 Å². The second-order valence-corrected chi connectivity index (χ2v) is 24.0. The van der Waals surface area contributed by atoms with Gasteiger partial charge in [0.2, 0.25) is 11.8 Å². The minimum atomic E-state index is -1.03. The Bertz CT molecular complexity index is 3280. The summed E-state index contributed by atoms with van der Waals surface area (Å²) in [5, 5.41) is 39.0. The van der Waals surface area contributed by atoms with Crippen molar-refractivity contribution >= 4 is 46.3 Å². The van der Waals surface area contributed by atoms with Crippen LogP contribution in [0.2, 0.25) is 0 Å². The third-order valence-electron chi connectivity index (χ3n) is 12.9. The van der Waals surface area contributed by atoms with Crippen LogP contribution in [0.25, 0.3) is 0 Å². The molecule has 0 aliphatic heterocycles. The monoisotopic (exact) mass is 1170 g/mol. The van der Waals surface area contributed by atoms with Crippen molar-refractivity contribution in [3.05, 3.63) is 143 Å². The zero-order chi connectivity index (χ0) is 61.4. The van der Waals surface area contributed by atoms with Crippen LogP contribution < -0.4 is 10.6 Å². The quantitative estimate of drug-likeness (QED) is 0.0244. The first-order valence-corrected chi connectivity index (χ1v) is 27.8. The van der Waals surface area contributed by atoms with Gasteiger partial charge in [0.1, 0.15) is 49.2 Å². The number of ether oxygens (including phenoxy) is 5. The lowest BCUT2D eigenvalue weighted by atomic mass is 9.86. The maximum atomic E-state index is 13.2. The normalized spacial score (nSPS) is 12.7. The van der Waals surface area contributed by atoms with Gasteiger partial charge in [-0.3, -0.25) is 33.4 Å². The Morgan fingerprint density at radius 1 is 0.447 bits per heavy atom. The first kappa shape index (κ1) is 64.2. The molecule has 2 N–H and O–H groups in total. The number of nitrogens with one attached hydrogen (secondary N) is 2. The van der Waals surface area contributed by atoms with Gasteiger partial charge in [-0.15, -0.1) is 20.4 Å². The van der Waals surface area contributed by atoms with E-state index in [1.54, 1.807) is 96.2 Å². The third-order valence-corrected chi connectivity index (χ3v) is 12.9. The number of carbonyl (C=O) groups excluding carboxylic acids is 6. The van der Waals surface area contributed by atoms with Crippen LogP contribution in [0.15, 0.2) is 97.6 Å². The van der Waals surface area contributed by atoms with Gasteiger partial charge < -0.3 is 34.3 Å². The van der Waals surface area contributed by atoms with Crippen LogP contribution in [0.4, 0.5) is 11.4 Å². The zero-order valence-corrected chi connectivity index (χ0v) is 50.0. The zero-order valence-electron chi connectivity index (χ0n) is 50.0. The van der Waals surface area contributed by atoms with Crippen molar-refractivity contribution in [2.45, 2.75) is 128 Å². The Morgan fingerprint density at radius 2 is 0.812 bits per heavy atom. The van der Waals surface area contributed by atoms with E-state index < -0.39 is 21.7 Å². The summed E-state index contributed by atoms with van der Waals surface area (Å²) in [6.45, 7) is 18.6. The van der Waals surface area contributed by atoms with E-state index in [9.17, 15) is 28.8 Å². The smallest absolute Gasteiger partial charge is 0.246 e. The van der Waals surface area contributed by atoms with E-state index in [0.717, 1.165) is 0 Å². The van der Waals surface area contributed by atoms with E-state index in [1.807, 2.05) is 75.3 Å². The summed E-state index contributed by atoms with van der Waals surface area (Å²) in [5.74, 6) is -0.999. The maximum Gasteiger partial charge on any atom is 0.246 e. The lowest BCUT2D eigenvalue weighted by molar-refractivity contribution is -0.147. The molecule has 0 radical (unpaired) electrons. The molecule has 25 nitrogen and oxygen atoms in total. The largest absolute Gasteiger partial charge is 0.374 e. The Labute approximate surface area is 493 Å². The molecule has 25 heteroatoms. The minimum Gasteiger partial charge on any atom is -0.374 e. The Kier molecular flexibility index (Phi) is 21.9. The van der Waals surface area contributed by atoms with Gasteiger partial charge in [0.15, 0.2) is 23.1 Å². The average molecular weight is 1170 g/mol. The highest BCUT2D eigenvalue weighted by atomic mass is 16.7. The van der Waals surface area contributed by atoms with Gasteiger partial charge in [-0.25, -0.2) is 14.0 Å². The van der Waals surface area contributed by atoms with Crippen molar-refractivity contribution in [1.29, 1.82) is 0 Å². The molecular weight excluding hydrogens is 1090 g/mol. The average Bonchev–Trinajstić information content (AvgIpc) is 4.34. The van der Waals surface area contributed by atoms with Gasteiger partial charge in [-0.05, 0) is 42.8 Å². The number of carbonyl (C=O) groups is 6. The Balaban J connectivity index is 0.997. The van der Waals surface area contributed by atoms with Gasteiger partial charge in [0.05, 0.1) is 83.1 Å². The molecule has 0 spiro atoms. The van der Waals surface area contributed by atoms with Crippen LogP contribution in [-0.2, 0) is 97.1 Å². The van der Waals surface area contributed by atoms with Gasteiger partial charge in [-0.1, -0.05) is 126 Å². The Morgan fingerprint density at radius 3 is 1.22 bits per heavy atom. The van der Waals surface area contributed by atoms with Gasteiger partial charge >= 0.3 is 0 Å². The van der Waals surface area contributed by atoms with Crippen LogP contribution in [-0.4, -0.2) is 128 Å². The number of amides is 2. The number of aromatic nitrogens is 12. The summed E-state index contributed by atoms with van der Waals surface area (Å²) in [6, 6.07) is 20.6. The fourth-order valence-corrected chi connectivity index (χ4v) is 8.59. The summed E-state index contributed by atoms with van der Waals surface area (Å²) in [4.78, 5) is 78.0. The highest BCUT2D eigenvalue weighted by Gasteiger charge is 2.34. The number of benzene rings is 3. The number of aryl methyl sites for hydroxylation is 1. The molecule has 0 fully saturated rings. The van der Waals surface area contributed by atoms with E-state index >= 15 is 0 Å². The molecule has 0 bridgehead atoms. The summed E-state index contributed by atoms with van der Waals surface area (Å²) in [7, 11) is 0. The molecule has 4 aromatic heterocycles. The first-order valence-electron chi connectivity index (χ1n) is 27.8. The van der Waals surface area contributed by atoms with E-state index in [4.69, 9.17) is 23.7 Å². The summed E-state index contributed by atoms with van der Waals surface area (Å²) < 4.78 is 36.9. The van der Waals surface area contributed by atoms with Crippen molar-refractivity contribution in [2.75, 3.05) is 43.9 Å². The lowest BCUT2D eigenvalue weighted by Gasteiger charge is -2.32. The van der Waals surface area contributed by atoms with Crippen LogP contribution >= 0.6 is 0 Å². The van der Waals surface area contributed by atoms with Crippen molar-refractivity contribution < 1.29 is 52.5 Å². The molecule has 0 aliphatic rings. The number of nitrogens with zero attached hydrogens (tertiary/aromatic N) is 12. The van der Waals surface area contributed by atoms with Gasteiger partial charge in [-0.2, -0.15) is 0 Å². The number of ketones is 4. The molecule has 1 unspecified atom stereocenters. The van der Waals surface area contributed by atoms with Crippen LogP contribution in [0.1, 0.15) is 129 Å². The van der Waals surface area contributed by atoms with Gasteiger partial charge in [0.25, 0.3) is 0 Å². The number of anilines is 2. The molecule has 0 aliphatic carbocycles. The summed E-state index contributed by atoms with van der Waals surface area (Å²) >= 11 is 0. The molecule has 0 saturated heterocycles. The van der Waals surface area contributed by atoms with Crippen LogP contribution in [0, 0.1) is 21.7 Å². The SMILES string of the molecule is CCn1cc(COCC(COCOCc2cn(CC(=O)Nc3cccc(C(=O)C(C)(C)C)c3)nn2)(COCc2cn(CC(=O)Cc3cccc(C(=O)C(C)(C)C)c3)nn2)COCc2cn(CC(=O)Nc3cccc(C(=O)C(C)(C)C)c3)nn2)nn1. The first-order chi connectivity index (χ1) is 40.3. The summed E-state index contributed by atoms with van der Waals surface area (Å²) in [5.41, 5.74) is 2.30. The summed E-state index contributed by atoms with van der Waals surface area (Å²) in [6.07, 6.45) is 6.67. The van der Waals surface area contributed by atoms with Gasteiger partial charge in [0, 0.05) is 57.3 Å². The lowest BCUT2D eigenvalue weighted by Crippen LogP contribution is -2.42. The molecule has 85 heavy (non-hydrogen) atoms. The van der Waals surface area contributed by atoms with Crippen LogP contribution in [0.5, 0.6) is 0 Å². The van der Waals surface area contributed by atoms with Crippen molar-refractivity contribution in [1.82, 2.24) is 60.0 Å². The highest BCUT2D eigenvalue weighted by molar-refractivity contribution is 6.02. The highest BCUT2D eigenvalue weighted by Crippen LogP contribution is 2.27.